The molecular weight excluding hydrogens is 324 g/mol. The molecule has 0 aliphatic carbocycles. The van der Waals surface area contributed by atoms with Crippen molar-refractivity contribution in [3.63, 3.8) is 0 Å². The average Bonchev–Trinajstić information content (AvgIpc) is 3.04. The minimum Gasteiger partial charge on any atom is -0.382 e. The van der Waals surface area contributed by atoms with Gasteiger partial charge in [0.2, 0.25) is 5.91 Å². The van der Waals surface area contributed by atoms with Crippen molar-refractivity contribution in [2.75, 3.05) is 25.5 Å². The minimum atomic E-state index is -0.00821. The molecule has 0 unspecified atom stereocenters. The van der Waals surface area contributed by atoms with E-state index >= 15 is 0 Å². The zero-order valence-corrected chi connectivity index (χ0v) is 15.2. The van der Waals surface area contributed by atoms with Crippen LogP contribution in [0.25, 0.3) is 5.69 Å². The Kier molecular flexibility index (Phi) is 7.27. The topological polar surface area (TPSA) is 69.0 Å². The second-order valence-electron chi connectivity index (χ2n) is 5.44. The molecule has 0 saturated carbocycles. The summed E-state index contributed by atoms with van der Waals surface area (Å²) in [5, 5.41) is 11.7. The zero-order valence-electron chi connectivity index (χ0n) is 14.4. The molecule has 0 aliphatic rings. The highest BCUT2D eigenvalue weighted by Gasteiger charge is 2.10. The van der Waals surface area contributed by atoms with Gasteiger partial charge in [0.25, 0.3) is 0 Å². The third kappa shape index (κ3) is 5.35. The van der Waals surface area contributed by atoms with Crippen molar-refractivity contribution in [2.24, 2.45) is 0 Å². The number of aryl methyl sites for hydroxylation is 2. The van der Waals surface area contributed by atoms with Gasteiger partial charge in [-0.2, -0.15) is 0 Å². The van der Waals surface area contributed by atoms with E-state index in [1.54, 1.807) is 6.33 Å². The highest BCUT2D eigenvalue weighted by atomic mass is 32.2. The molecule has 0 bridgehead atoms. The second-order valence-corrected chi connectivity index (χ2v) is 6.38. The molecular formula is C17H24N4O2S. The van der Waals surface area contributed by atoms with E-state index in [4.69, 9.17) is 4.74 Å². The van der Waals surface area contributed by atoms with Crippen LogP contribution in [-0.2, 0) is 9.53 Å². The van der Waals surface area contributed by atoms with Crippen LogP contribution in [0.1, 0.15) is 24.5 Å². The maximum absolute atomic E-state index is 11.9. The lowest BCUT2D eigenvalue weighted by Crippen LogP contribution is -2.27. The van der Waals surface area contributed by atoms with Gasteiger partial charge in [-0.05, 0) is 50.5 Å². The van der Waals surface area contributed by atoms with Crippen LogP contribution < -0.4 is 5.32 Å². The Morgan fingerprint density at radius 1 is 1.33 bits per heavy atom. The monoisotopic (exact) mass is 348 g/mol. The number of amides is 1. The van der Waals surface area contributed by atoms with Crippen molar-refractivity contribution < 1.29 is 9.53 Å². The first-order valence-corrected chi connectivity index (χ1v) is 9.05. The third-order valence-corrected chi connectivity index (χ3v) is 4.55. The molecule has 0 saturated heterocycles. The van der Waals surface area contributed by atoms with Crippen LogP contribution in [0, 0.1) is 13.8 Å². The first-order chi connectivity index (χ1) is 11.6. The van der Waals surface area contributed by atoms with Gasteiger partial charge in [0.15, 0.2) is 5.16 Å². The zero-order chi connectivity index (χ0) is 17.4. The maximum atomic E-state index is 11.9. The molecule has 0 radical (unpaired) electrons. The fraction of sp³-hybridized carbons (Fsp3) is 0.471. The number of ether oxygens (including phenoxy) is 1. The number of hydrogen-bond acceptors (Lipinski definition) is 5. The largest absolute Gasteiger partial charge is 0.382 e. The summed E-state index contributed by atoms with van der Waals surface area (Å²) in [4.78, 5) is 11.9. The first-order valence-electron chi connectivity index (χ1n) is 8.06. The number of hydrogen-bond donors (Lipinski definition) is 1. The fourth-order valence-corrected chi connectivity index (χ4v) is 2.86. The quantitative estimate of drug-likeness (QED) is 0.557. The van der Waals surface area contributed by atoms with E-state index in [1.165, 1.54) is 22.9 Å². The number of benzene rings is 1. The Balaban J connectivity index is 1.87. The van der Waals surface area contributed by atoms with Crippen molar-refractivity contribution in [3.05, 3.63) is 35.7 Å². The predicted octanol–water partition coefficient (Wildman–Crippen LogP) is 2.52. The SMILES string of the molecule is CCOCCCNC(=O)CSc1nncn1-c1ccc(C)c(C)c1. The molecule has 2 rings (SSSR count). The number of thioether (sulfide) groups is 1. The van der Waals surface area contributed by atoms with E-state index in [9.17, 15) is 4.79 Å². The molecule has 1 N–H and O–H groups in total. The standard InChI is InChI=1S/C17H24N4O2S/c1-4-23-9-5-8-18-16(22)11-24-17-20-19-12-21(17)15-7-6-13(2)14(3)10-15/h6-7,10,12H,4-5,8-9,11H2,1-3H3,(H,18,22). The number of carbonyl (C=O) groups excluding carboxylic acids is 1. The van der Waals surface area contributed by atoms with Crippen molar-refractivity contribution >= 4 is 17.7 Å². The van der Waals surface area contributed by atoms with Gasteiger partial charge < -0.3 is 10.1 Å². The van der Waals surface area contributed by atoms with Crippen molar-refractivity contribution in [1.82, 2.24) is 20.1 Å². The maximum Gasteiger partial charge on any atom is 0.230 e. The molecule has 1 heterocycles. The van der Waals surface area contributed by atoms with Crippen LogP contribution in [0.2, 0.25) is 0 Å². The van der Waals surface area contributed by atoms with Crippen LogP contribution in [0.15, 0.2) is 29.7 Å². The van der Waals surface area contributed by atoms with Crippen molar-refractivity contribution in [2.45, 2.75) is 32.3 Å². The van der Waals surface area contributed by atoms with E-state index in [0.717, 1.165) is 12.1 Å². The summed E-state index contributed by atoms with van der Waals surface area (Å²) in [6, 6.07) is 6.20. The van der Waals surface area contributed by atoms with Gasteiger partial charge in [-0.25, -0.2) is 0 Å². The molecule has 0 aliphatic heterocycles. The number of aromatic nitrogens is 3. The van der Waals surface area contributed by atoms with Crippen molar-refractivity contribution in [1.29, 1.82) is 0 Å². The molecule has 1 aromatic heterocycles. The van der Waals surface area contributed by atoms with Crippen LogP contribution in [-0.4, -0.2) is 46.2 Å². The van der Waals surface area contributed by atoms with E-state index in [1.807, 2.05) is 17.6 Å². The van der Waals surface area contributed by atoms with Gasteiger partial charge >= 0.3 is 0 Å². The lowest BCUT2D eigenvalue weighted by molar-refractivity contribution is -0.118. The summed E-state index contributed by atoms with van der Waals surface area (Å²) in [7, 11) is 0. The van der Waals surface area contributed by atoms with Gasteiger partial charge in [0.05, 0.1) is 5.75 Å². The Hall–Kier alpha value is -1.86. The minimum absolute atomic E-state index is 0.00821. The van der Waals surface area contributed by atoms with Crippen LogP contribution >= 0.6 is 11.8 Å². The summed E-state index contributed by atoms with van der Waals surface area (Å²) < 4.78 is 7.14. The predicted molar refractivity (Wildman–Crippen MR) is 95.7 cm³/mol. The Morgan fingerprint density at radius 3 is 2.92 bits per heavy atom. The molecule has 0 atom stereocenters. The number of nitrogens with one attached hydrogen (secondary N) is 1. The Bertz CT molecular complexity index is 672. The Labute approximate surface area is 147 Å². The summed E-state index contributed by atoms with van der Waals surface area (Å²) in [6.07, 6.45) is 2.50. The van der Waals surface area contributed by atoms with Gasteiger partial charge in [-0.15, -0.1) is 10.2 Å². The van der Waals surface area contributed by atoms with E-state index in [2.05, 4.69) is 41.5 Å². The van der Waals surface area contributed by atoms with Crippen molar-refractivity contribution in [3.8, 4) is 5.69 Å². The lowest BCUT2D eigenvalue weighted by Gasteiger charge is -2.09. The molecule has 0 spiro atoms. The molecule has 1 aromatic carbocycles. The highest BCUT2D eigenvalue weighted by Crippen LogP contribution is 2.21. The molecule has 24 heavy (non-hydrogen) atoms. The number of rotatable bonds is 9. The summed E-state index contributed by atoms with van der Waals surface area (Å²) in [5.41, 5.74) is 3.46. The molecule has 2 aromatic rings. The van der Waals surface area contributed by atoms with Gasteiger partial charge in [0, 0.05) is 25.4 Å². The van der Waals surface area contributed by atoms with Gasteiger partial charge in [0.1, 0.15) is 6.33 Å². The highest BCUT2D eigenvalue weighted by molar-refractivity contribution is 7.99. The first kappa shape index (κ1) is 18.5. The third-order valence-electron chi connectivity index (χ3n) is 3.61. The van der Waals surface area contributed by atoms with E-state index in [-0.39, 0.29) is 5.91 Å². The molecule has 6 nitrogen and oxygen atoms in total. The van der Waals surface area contributed by atoms with Crippen LogP contribution in [0.3, 0.4) is 0 Å². The summed E-state index contributed by atoms with van der Waals surface area (Å²) >= 11 is 1.38. The fourth-order valence-electron chi connectivity index (χ4n) is 2.10. The van der Waals surface area contributed by atoms with Gasteiger partial charge in [-0.1, -0.05) is 17.8 Å². The Morgan fingerprint density at radius 2 is 2.17 bits per heavy atom. The number of carbonyl (C=O) groups is 1. The molecule has 130 valence electrons. The smallest absolute Gasteiger partial charge is 0.230 e. The molecule has 0 fully saturated rings. The molecule has 7 heteroatoms. The van der Waals surface area contributed by atoms with Crippen LogP contribution in [0.4, 0.5) is 0 Å². The normalized spacial score (nSPS) is 10.8. The molecule has 1 amide bonds. The summed E-state index contributed by atoms with van der Waals surface area (Å²) in [5.74, 6) is 0.309. The van der Waals surface area contributed by atoms with Crippen LogP contribution in [0.5, 0.6) is 0 Å². The summed E-state index contributed by atoms with van der Waals surface area (Å²) in [6.45, 7) is 8.12. The number of nitrogens with zero attached hydrogens (tertiary/aromatic N) is 3. The average molecular weight is 348 g/mol. The van der Waals surface area contributed by atoms with E-state index in [0.29, 0.717) is 30.7 Å². The van der Waals surface area contributed by atoms with E-state index < -0.39 is 0 Å². The second kappa shape index (κ2) is 9.44. The van der Waals surface area contributed by atoms with Gasteiger partial charge in [-0.3, -0.25) is 9.36 Å². The lowest BCUT2D eigenvalue weighted by atomic mass is 10.1.